The average Bonchev–Trinajstić information content (AvgIpc) is 3.74. The lowest BCUT2D eigenvalue weighted by Gasteiger charge is -2.45. The number of hydrogen-bond acceptors (Lipinski definition) is 4. The highest BCUT2D eigenvalue weighted by Gasteiger charge is 2.51. The first-order valence-electron chi connectivity index (χ1n) is 21.8. The van der Waals surface area contributed by atoms with E-state index in [1.807, 2.05) is 24.5 Å². The first-order valence-corrected chi connectivity index (χ1v) is 25.8. The highest BCUT2D eigenvalue weighted by Crippen LogP contribution is 2.41. The predicted molar refractivity (Wildman–Crippen MR) is 270 cm³/mol. The van der Waals surface area contributed by atoms with Crippen LogP contribution in [0.1, 0.15) is 0 Å². The normalized spacial score (nSPS) is 13.1. The molecule has 6 heteroatoms. The highest BCUT2D eigenvalue weighted by atomic mass is 28.3. The van der Waals surface area contributed by atoms with E-state index in [9.17, 15) is 0 Å². The van der Waals surface area contributed by atoms with Crippen molar-refractivity contribution in [2.24, 2.45) is 0 Å². The van der Waals surface area contributed by atoms with E-state index in [2.05, 4.69) is 229 Å². The molecule has 0 radical (unpaired) electrons. The number of fused-ring (bicyclic) bond motifs is 5. The monoisotopic (exact) mass is 851 g/mol. The van der Waals surface area contributed by atoms with Gasteiger partial charge in [0.2, 0.25) is 0 Å². The first-order chi connectivity index (χ1) is 31.7. The molecule has 8 aromatic carbocycles. The maximum atomic E-state index is 6.75. The van der Waals surface area contributed by atoms with Crippen LogP contribution in [0.5, 0.6) is 0 Å². The van der Waals surface area contributed by atoms with Crippen LogP contribution in [0.4, 0.5) is 17.2 Å². The zero-order valence-corrected chi connectivity index (χ0v) is 36.9. The minimum atomic E-state index is -3.11. The Bertz CT molecular complexity index is 3360. The zero-order chi connectivity index (χ0) is 42.5. The Morgan fingerprint density at radius 2 is 0.969 bits per heavy atom. The van der Waals surface area contributed by atoms with Gasteiger partial charge in [-0.2, -0.15) is 0 Å². The van der Waals surface area contributed by atoms with Crippen molar-refractivity contribution in [1.82, 2.24) is 9.97 Å². The van der Waals surface area contributed by atoms with Crippen LogP contribution in [0.2, 0.25) is 0 Å². The Balaban J connectivity index is 1.25. The molecule has 302 valence electrons. The van der Waals surface area contributed by atoms with Crippen LogP contribution < -0.4 is 46.4 Å². The van der Waals surface area contributed by atoms with E-state index >= 15 is 0 Å². The molecular formula is C58H41N3OSi2. The van der Waals surface area contributed by atoms with Gasteiger partial charge in [0.25, 0.3) is 0 Å². The van der Waals surface area contributed by atoms with Crippen molar-refractivity contribution in [2.45, 2.75) is 0 Å². The van der Waals surface area contributed by atoms with Crippen molar-refractivity contribution >= 4 is 96.8 Å². The van der Waals surface area contributed by atoms with Crippen molar-refractivity contribution in [1.29, 1.82) is 0 Å². The number of hydrogen-bond donors (Lipinski definition) is 0. The molecule has 0 N–H and O–H groups in total. The van der Waals surface area contributed by atoms with Gasteiger partial charge in [-0.05, 0) is 90.0 Å². The summed E-state index contributed by atoms with van der Waals surface area (Å²) in [5, 5.41) is 12.5. The van der Waals surface area contributed by atoms with Gasteiger partial charge in [-0.1, -0.05) is 188 Å². The number of anilines is 3. The number of pyridine rings is 2. The summed E-state index contributed by atoms with van der Waals surface area (Å²) >= 11 is 0. The van der Waals surface area contributed by atoms with Gasteiger partial charge in [0.1, 0.15) is 17.0 Å². The van der Waals surface area contributed by atoms with E-state index in [1.54, 1.807) is 0 Å². The fourth-order valence-corrected chi connectivity index (χ4v) is 20.4. The van der Waals surface area contributed by atoms with E-state index in [0.717, 1.165) is 50.4 Å². The van der Waals surface area contributed by atoms with E-state index < -0.39 is 16.1 Å². The smallest absolute Gasteiger partial charge is 0.184 e. The number of benzene rings is 8. The highest BCUT2D eigenvalue weighted by molar-refractivity contribution is 7.22. The summed E-state index contributed by atoms with van der Waals surface area (Å²) in [4.78, 5) is 12.4. The van der Waals surface area contributed by atoms with E-state index in [4.69, 9.17) is 14.4 Å². The number of rotatable bonds is 8. The molecule has 0 fully saturated rings. The third-order valence-electron chi connectivity index (χ3n) is 13.2. The number of para-hydroxylation sites is 1. The van der Waals surface area contributed by atoms with Gasteiger partial charge in [-0.25, -0.2) is 4.98 Å². The second-order valence-corrected chi connectivity index (χ2v) is 24.0. The second-order valence-electron chi connectivity index (χ2n) is 16.5. The quantitative estimate of drug-likeness (QED) is 0.114. The van der Waals surface area contributed by atoms with Gasteiger partial charge >= 0.3 is 0 Å². The lowest BCUT2D eigenvalue weighted by Crippen LogP contribution is -2.78. The Morgan fingerprint density at radius 3 is 1.62 bits per heavy atom. The van der Waals surface area contributed by atoms with Gasteiger partial charge in [-0.3, -0.25) is 9.88 Å². The second kappa shape index (κ2) is 15.5. The van der Waals surface area contributed by atoms with Crippen molar-refractivity contribution in [3.63, 3.8) is 0 Å². The minimum Gasteiger partial charge on any atom is -0.456 e. The molecule has 4 heterocycles. The number of furan rings is 1. The molecule has 0 unspecified atom stereocenters. The predicted octanol–water partition coefficient (Wildman–Crippen LogP) is 8.58. The van der Waals surface area contributed by atoms with Gasteiger partial charge in [-0.15, -0.1) is 0 Å². The Hall–Kier alpha value is -7.91. The van der Waals surface area contributed by atoms with Crippen LogP contribution in [0.25, 0.3) is 33.2 Å². The Morgan fingerprint density at radius 1 is 0.391 bits per heavy atom. The maximum absolute atomic E-state index is 6.75. The third-order valence-corrected chi connectivity index (χ3v) is 22.8. The van der Waals surface area contributed by atoms with Crippen LogP contribution in [0.15, 0.2) is 253 Å². The molecule has 0 saturated carbocycles. The lowest BCUT2D eigenvalue weighted by atomic mass is 10.1. The number of aromatic nitrogens is 2. The molecule has 0 aliphatic carbocycles. The van der Waals surface area contributed by atoms with E-state index in [0.29, 0.717) is 0 Å². The topological polar surface area (TPSA) is 42.2 Å². The van der Waals surface area contributed by atoms with Crippen molar-refractivity contribution in [3.05, 3.63) is 249 Å². The van der Waals surface area contributed by atoms with Crippen molar-refractivity contribution in [2.75, 3.05) is 4.90 Å². The van der Waals surface area contributed by atoms with E-state index in [-0.39, 0.29) is 0 Å². The SMILES string of the molecule is c1ccc([Si](c2ccccc2)(c2cccc(-c3ccccn3)c2)c2ccc3c(c2)N(c2ccccn2)c2cc4c(cc2[Si]3(c2ccccc2)c2ccccc2)oc2ccccc24)cc1. The fraction of sp³-hybridized carbons (Fsp3) is 0. The molecular weight excluding hydrogens is 811 g/mol. The molecule has 1 aliphatic rings. The summed E-state index contributed by atoms with van der Waals surface area (Å²) < 4.78 is 6.75. The van der Waals surface area contributed by atoms with Gasteiger partial charge < -0.3 is 4.42 Å². The van der Waals surface area contributed by atoms with Gasteiger partial charge in [0, 0.05) is 40.1 Å². The maximum Gasteiger partial charge on any atom is 0.184 e. The fourth-order valence-electron chi connectivity index (χ4n) is 10.5. The summed E-state index contributed by atoms with van der Waals surface area (Å²) in [5.41, 5.74) is 6.07. The molecule has 4 nitrogen and oxygen atoms in total. The molecule has 64 heavy (non-hydrogen) atoms. The van der Waals surface area contributed by atoms with Crippen molar-refractivity contribution in [3.8, 4) is 11.3 Å². The first kappa shape index (κ1) is 37.8. The molecule has 0 saturated heterocycles. The Labute approximate surface area is 374 Å². The molecule has 0 atom stereocenters. The molecule has 3 aromatic heterocycles. The van der Waals surface area contributed by atoms with Crippen LogP contribution in [-0.4, -0.2) is 26.1 Å². The van der Waals surface area contributed by atoms with E-state index in [1.165, 1.54) is 41.5 Å². The van der Waals surface area contributed by atoms with Crippen molar-refractivity contribution < 1.29 is 4.42 Å². The minimum absolute atomic E-state index is 0.863. The lowest BCUT2D eigenvalue weighted by molar-refractivity contribution is 0.669. The summed E-state index contributed by atoms with van der Waals surface area (Å²) in [6.45, 7) is 0. The molecule has 0 bridgehead atoms. The summed E-state index contributed by atoms with van der Waals surface area (Å²) in [7, 11) is -6.21. The molecule has 0 amide bonds. The summed E-state index contributed by atoms with van der Waals surface area (Å²) in [5.74, 6) is 0.863. The molecule has 0 spiro atoms. The average molecular weight is 852 g/mol. The van der Waals surface area contributed by atoms with Crippen LogP contribution in [-0.2, 0) is 0 Å². The summed E-state index contributed by atoms with van der Waals surface area (Å²) in [6.07, 6.45) is 3.79. The third kappa shape index (κ3) is 5.80. The summed E-state index contributed by atoms with van der Waals surface area (Å²) in [6, 6.07) is 87.0. The van der Waals surface area contributed by atoms with Crippen LogP contribution in [0.3, 0.4) is 0 Å². The largest absolute Gasteiger partial charge is 0.456 e. The molecule has 1 aliphatic heterocycles. The molecule has 11 aromatic rings. The van der Waals surface area contributed by atoms with Gasteiger partial charge in [0.15, 0.2) is 16.1 Å². The molecule has 12 rings (SSSR count). The van der Waals surface area contributed by atoms with Gasteiger partial charge in [0.05, 0.1) is 5.69 Å². The van der Waals surface area contributed by atoms with Crippen LogP contribution >= 0.6 is 0 Å². The van der Waals surface area contributed by atoms with Crippen LogP contribution in [0, 0.1) is 0 Å². The zero-order valence-electron chi connectivity index (χ0n) is 34.9. The Kier molecular flexibility index (Phi) is 9.14. The number of nitrogens with zero attached hydrogens (tertiary/aromatic N) is 3. The standard InChI is InChI=1S/C58H41N3OSi2/c1-5-21-43(22-6-1)63(44-23-7-2-8-24-44,47-29-19-20-42(38-47)51-31-15-17-36-59-51)48-34-35-56-52(39-48)61(58-33-16-18-37-60-58)53-40-50-49-30-13-14-32-54(49)62-55(50)41-57(53)64(56,45-25-9-3-10-26-45)46-27-11-4-12-28-46/h1-41H.